The molecule has 3 nitrogen and oxygen atoms in total. The Hall–Kier alpha value is -2.81. The van der Waals surface area contributed by atoms with E-state index >= 15 is 0 Å². The first-order valence-electron chi connectivity index (χ1n) is 10.6. The maximum atomic E-state index is 12.9. The molecule has 3 heteroatoms. The van der Waals surface area contributed by atoms with Gasteiger partial charge in [0.15, 0.2) is 0 Å². The highest BCUT2D eigenvalue weighted by atomic mass is 16.4. The average molecular weight is 389 g/mol. The number of aromatic hydroxyl groups is 1. The van der Waals surface area contributed by atoms with Crippen molar-refractivity contribution in [2.45, 2.75) is 50.9 Å². The molecule has 0 amide bonds. The van der Waals surface area contributed by atoms with Crippen molar-refractivity contribution >= 4 is 0 Å². The fourth-order valence-corrected chi connectivity index (χ4v) is 4.20. The second-order valence-electron chi connectivity index (χ2n) is 8.24. The van der Waals surface area contributed by atoms with Crippen molar-refractivity contribution in [1.29, 1.82) is 0 Å². The number of aryl methyl sites for hydroxylation is 1. The zero-order chi connectivity index (χ0) is 20.2. The standard InChI is InChI=1S/C26H28O3/c1-18(9-8-12-19-10-4-2-5-11-19)23-17-22(27)25(26(28)29-23)24(21-15-16-21)20-13-6-3-7-14-20/h2-7,10-11,13-14,17-18,21,24,27H,8-9,12,15-16H2,1H3. The highest BCUT2D eigenvalue weighted by molar-refractivity contribution is 5.41. The molecule has 1 aliphatic rings. The van der Waals surface area contributed by atoms with Crippen LogP contribution in [0.3, 0.4) is 0 Å². The van der Waals surface area contributed by atoms with Gasteiger partial charge < -0.3 is 9.52 Å². The molecule has 2 aromatic carbocycles. The number of hydrogen-bond acceptors (Lipinski definition) is 3. The lowest BCUT2D eigenvalue weighted by Crippen LogP contribution is -2.17. The van der Waals surface area contributed by atoms with Crippen LogP contribution in [0.2, 0.25) is 0 Å². The summed E-state index contributed by atoms with van der Waals surface area (Å²) in [4.78, 5) is 12.9. The molecule has 1 N–H and O–H groups in total. The average Bonchev–Trinajstić information content (AvgIpc) is 3.57. The maximum absolute atomic E-state index is 12.9. The number of rotatable bonds is 8. The van der Waals surface area contributed by atoms with Gasteiger partial charge in [-0.2, -0.15) is 0 Å². The number of hydrogen-bond donors (Lipinski definition) is 1. The van der Waals surface area contributed by atoms with Gasteiger partial charge in [0, 0.05) is 17.9 Å². The summed E-state index contributed by atoms with van der Waals surface area (Å²) in [6.45, 7) is 2.05. The third kappa shape index (κ3) is 4.61. The summed E-state index contributed by atoms with van der Waals surface area (Å²) in [5.74, 6) is 1.05. The maximum Gasteiger partial charge on any atom is 0.343 e. The minimum Gasteiger partial charge on any atom is -0.507 e. The van der Waals surface area contributed by atoms with Crippen LogP contribution in [0.15, 0.2) is 75.9 Å². The number of benzene rings is 2. The van der Waals surface area contributed by atoms with Crippen LogP contribution in [0.25, 0.3) is 0 Å². The Kier molecular flexibility index (Phi) is 5.84. The summed E-state index contributed by atoms with van der Waals surface area (Å²) >= 11 is 0. The molecule has 0 saturated heterocycles. The van der Waals surface area contributed by atoms with Crippen LogP contribution >= 0.6 is 0 Å². The van der Waals surface area contributed by atoms with Crippen molar-refractivity contribution in [3.63, 3.8) is 0 Å². The van der Waals surface area contributed by atoms with Crippen LogP contribution in [0.5, 0.6) is 5.75 Å². The Balaban J connectivity index is 1.51. The van der Waals surface area contributed by atoms with Gasteiger partial charge in [-0.15, -0.1) is 0 Å². The van der Waals surface area contributed by atoms with Crippen molar-refractivity contribution < 1.29 is 9.52 Å². The summed E-state index contributed by atoms with van der Waals surface area (Å²) in [6.07, 6.45) is 5.07. The Morgan fingerprint density at radius 1 is 1.03 bits per heavy atom. The summed E-state index contributed by atoms with van der Waals surface area (Å²) in [7, 11) is 0. The van der Waals surface area contributed by atoms with E-state index in [1.165, 1.54) is 5.56 Å². The van der Waals surface area contributed by atoms with Crippen LogP contribution in [0, 0.1) is 5.92 Å². The lowest BCUT2D eigenvalue weighted by atomic mass is 9.87. The first kappa shape index (κ1) is 19.5. The first-order valence-corrected chi connectivity index (χ1v) is 10.6. The van der Waals surface area contributed by atoms with Gasteiger partial charge in [-0.1, -0.05) is 67.6 Å². The van der Waals surface area contributed by atoms with Crippen LogP contribution in [-0.4, -0.2) is 5.11 Å². The van der Waals surface area contributed by atoms with E-state index in [-0.39, 0.29) is 17.6 Å². The minimum absolute atomic E-state index is 0.0758. The smallest absolute Gasteiger partial charge is 0.343 e. The SMILES string of the molecule is CC(CCCc1ccccc1)c1cc(O)c(C(c2ccccc2)C2CC2)c(=O)o1. The van der Waals surface area contributed by atoms with Gasteiger partial charge in [0.05, 0.1) is 5.56 Å². The Morgan fingerprint density at radius 3 is 2.31 bits per heavy atom. The van der Waals surface area contributed by atoms with Crippen LogP contribution < -0.4 is 5.63 Å². The largest absolute Gasteiger partial charge is 0.507 e. The highest BCUT2D eigenvalue weighted by Gasteiger charge is 2.37. The minimum atomic E-state index is -0.393. The Bertz CT molecular complexity index is 987. The Morgan fingerprint density at radius 2 is 1.69 bits per heavy atom. The van der Waals surface area contributed by atoms with E-state index in [0.29, 0.717) is 17.2 Å². The molecule has 1 fully saturated rings. The van der Waals surface area contributed by atoms with E-state index in [9.17, 15) is 9.90 Å². The molecule has 1 aliphatic carbocycles. The van der Waals surface area contributed by atoms with Gasteiger partial charge in [-0.05, 0) is 49.1 Å². The topological polar surface area (TPSA) is 50.4 Å². The van der Waals surface area contributed by atoms with E-state index in [2.05, 4.69) is 31.2 Å². The van der Waals surface area contributed by atoms with Crippen LogP contribution in [0.1, 0.15) is 66.9 Å². The Labute approximate surface area is 172 Å². The molecule has 0 spiro atoms. The monoisotopic (exact) mass is 388 g/mol. The molecule has 150 valence electrons. The lowest BCUT2D eigenvalue weighted by Gasteiger charge is -2.19. The molecule has 0 aliphatic heterocycles. The van der Waals surface area contributed by atoms with Gasteiger partial charge >= 0.3 is 5.63 Å². The van der Waals surface area contributed by atoms with E-state index in [4.69, 9.17) is 4.42 Å². The van der Waals surface area contributed by atoms with Gasteiger partial charge in [0.2, 0.25) is 0 Å². The van der Waals surface area contributed by atoms with Gasteiger partial charge in [0.25, 0.3) is 0 Å². The predicted octanol–water partition coefficient (Wildman–Crippen LogP) is 6.01. The van der Waals surface area contributed by atoms with Crippen molar-refractivity contribution in [2.75, 3.05) is 0 Å². The fraction of sp³-hybridized carbons (Fsp3) is 0.346. The van der Waals surface area contributed by atoms with Crippen molar-refractivity contribution in [3.8, 4) is 5.75 Å². The van der Waals surface area contributed by atoms with Crippen molar-refractivity contribution in [2.24, 2.45) is 5.92 Å². The molecular weight excluding hydrogens is 360 g/mol. The quantitative estimate of drug-likeness (QED) is 0.514. The van der Waals surface area contributed by atoms with E-state index in [1.54, 1.807) is 6.07 Å². The van der Waals surface area contributed by atoms with E-state index in [1.807, 2.05) is 36.4 Å². The zero-order valence-electron chi connectivity index (χ0n) is 16.9. The summed E-state index contributed by atoms with van der Waals surface area (Å²) in [5, 5.41) is 10.8. The summed E-state index contributed by atoms with van der Waals surface area (Å²) < 4.78 is 5.72. The summed E-state index contributed by atoms with van der Waals surface area (Å²) in [5.41, 5.74) is 2.41. The third-order valence-corrected chi connectivity index (χ3v) is 5.98. The molecular formula is C26H28O3. The molecule has 0 radical (unpaired) electrons. The van der Waals surface area contributed by atoms with Gasteiger partial charge in [-0.3, -0.25) is 0 Å². The summed E-state index contributed by atoms with van der Waals surface area (Å²) in [6, 6.07) is 22.0. The van der Waals surface area contributed by atoms with Gasteiger partial charge in [0.1, 0.15) is 11.5 Å². The molecule has 1 aromatic heterocycles. The van der Waals surface area contributed by atoms with Gasteiger partial charge in [-0.25, -0.2) is 4.79 Å². The first-order chi connectivity index (χ1) is 14.1. The predicted molar refractivity (Wildman–Crippen MR) is 115 cm³/mol. The fourth-order valence-electron chi connectivity index (χ4n) is 4.20. The van der Waals surface area contributed by atoms with E-state index in [0.717, 1.165) is 37.7 Å². The normalized spacial score (nSPS) is 15.8. The molecule has 2 atom stereocenters. The van der Waals surface area contributed by atoms with Crippen molar-refractivity contribution in [1.82, 2.24) is 0 Å². The van der Waals surface area contributed by atoms with Crippen LogP contribution in [-0.2, 0) is 6.42 Å². The lowest BCUT2D eigenvalue weighted by molar-refractivity contribution is 0.382. The highest BCUT2D eigenvalue weighted by Crippen LogP contribution is 2.47. The second kappa shape index (κ2) is 8.69. The molecule has 4 rings (SSSR count). The third-order valence-electron chi connectivity index (χ3n) is 5.98. The molecule has 1 heterocycles. The van der Waals surface area contributed by atoms with Crippen LogP contribution in [0.4, 0.5) is 0 Å². The second-order valence-corrected chi connectivity index (χ2v) is 8.24. The zero-order valence-corrected chi connectivity index (χ0v) is 16.9. The molecule has 1 saturated carbocycles. The van der Waals surface area contributed by atoms with E-state index < -0.39 is 5.63 Å². The molecule has 3 aromatic rings. The van der Waals surface area contributed by atoms with Crippen molar-refractivity contribution in [3.05, 3.63) is 99.6 Å². The molecule has 29 heavy (non-hydrogen) atoms. The molecule has 0 bridgehead atoms. The molecule has 2 unspecified atom stereocenters.